The molecule has 0 saturated carbocycles. The zero-order valence-corrected chi connectivity index (χ0v) is 15.1. The van der Waals surface area contributed by atoms with Gasteiger partial charge >= 0.3 is 0 Å². The third kappa shape index (κ3) is 3.65. The van der Waals surface area contributed by atoms with Crippen molar-refractivity contribution in [2.75, 3.05) is 16.8 Å². The monoisotopic (exact) mass is 395 g/mol. The molecule has 10 heteroatoms. The number of hydrogen-bond acceptors (Lipinski definition) is 8. The lowest BCUT2D eigenvalue weighted by molar-refractivity contribution is 0.174. The van der Waals surface area contributed by atoms with Crippen LogP contribution < -0.4 is 19.5 Å². The molecule has 0 saturated heterocycles. The van der Waals surface area contributed by atoms with Crippen LogP contribution in [-0.2, 0) is 10.0 Å². The first-order chi connectivity index (χ1) is 13.5. The second kappa shape index (κ2) is 7.05. The van der Waals surface area contributed by atoms with Gasteiger partial charge in [-0.25, -0.2) is 8.42 Å². The van der Waals surface area contributed by atoms with Crippen LogP contribution in [0.2, 0.25) is 0 Å². The Morgan fingerprint density at radius 1 is 0.964 bits per heavy atom. The SMILES string of the molecule is N#Cc1cccc(Nc2ccc(NS(=O)(=O)c3ccc4c(c3)OCO4)nn2)c1. The van der Waals surface area contributed by atoms with Crippen molar-refractivity contribution in [3.63, 3.8) is 0 Å². The molecule has 1 aliphatic heterocycles. The predicted molar refractivity (Wildman–Crippen MR) is 99.8 cm³/mol. The minimum absolute atomic E-state index is 0.0223. The average molecular weight is 395 g/mol. The molecule has 0 radical (unpaired) electrons. The van der Waals surface area contributed by atoms with E-state index in [1.165, 1.54) is 24.3 Å². The smallest absolute Gasteiger partial charge is 0.263 e. The number of anilines is 3. The Hall–Kier alpha value is -3.84. The fourth-order valence-corrected chi connectivity index (χ4v) is 3.52. The summed E-state index contributed by atoms with van der Waals surface area (Å²) < 4.78 is 37.8. The second-order valence-electron chi connectivity index (χ2n) is 5.74. The number of ether oxygens (including phenoxy) is 2. The number of rotatable bonds is 5. The Kier molecular flexibility index (Phi) is 4.42. The summed E-state index contributed by atoms with van der Waals surface area (Å²) in [6.07, 6.45) is 0. The van der Waals surface area contributed by atoms with E-state index in [-0.39, 0.29) is 17.5 Å². The summed E-state index contributed by atoms with van der Waals surface area (Å²) in [7, 11) is -3.86. The molecule has 2 aromatic carbocycles. The first-order valence-electron chi connectivity index (χ1n) is 8.07. The van der Waals surface area contributed by atoms with E-state index >= 15 is 0 Å². The van der Waals surface area contributed by atoms with Gasteiger partial charge in [0.05, 0.1) is 16.5 Å². The van der Waals surface area contributed by atoms with E-state index in [1.807, 2.05) is 6.07 Å². The molecular formula is C18H13N5O4S. The summed E-state index contributed by atoms with van der Waals surface area (Å²) in [5.74, 6) is 1.33. The highest BCUT2D eigenvalue weighted by atomic mass is 32.2. The van der Waals surface area contributed by atoms with Crippen molar-refractivity contribution in [3.05, 3.63) is 60.2 Å². The molecule has 0 spiro atoms. The maximum absolute atomic E-state index is 12.5. The molecule has 0 amide bonds. The lowest BCUT2D eigenvalue weighted by Gasteiger charge is -2.09. The molecule has 2 heterocycles. The summed E-state index contributed by atoms with van der Waals surface area (Å²) in [5.41, 5.74) is 1.17. The van der Waals surface area contributed by atoms with Crippen molar-refractivity contribution in [1.29, 1.82) is 5.26 Å². The van der Waals surface area contributed by atoms with Crippen LogP contribution in [0.25, 0.3) is 0 Å². The van der Waals surface area contributed by atoms with Crippen LogP contribution in [0.5, 0.6) is 11.5 Å². The van der Waals surface area contributed by atoms with Gasteiger partial charge in [-0.15, -0.1) is 10.2 Å². The molecule has 1 aliphatic rings. The van der Waals surface area contributed by atoms with Crippen molar-refractivity contribution in [3.8, 4) is 17.6 Å². The fraction of sp³-hybridized carbons (Fsp3) is 0.0556. The summed E-state index contributed by atoms with van der Waals surface area (Å²) in [6, 6.07) is 16.3. The highest BCUT2D eigenvalue weighted by molar-refractivity contribution is 7.92. The van der Waals surface area contributed by atoms with Crippen molar-refractivity contribution in [2.45, 2.75) is 4.90 Å². The Bertz CT molecular complexity index is 1170. The van der Waals surface area contributed by atoms with Crippen LogP contribution in [-0.4, -0.2) is 25.4 Å². The van der Waals surface area contributed by atoms with Gasteiger partial charge in [0.25, 0.3) is 10.0 Å². The number of aromatic nitrogens is 2. The van der Waals surface area contributed by atoms with E-state index in [0.717, 1.165) is 0 Å². The lowest BCUT2D eigenvalue weighted by atomic mass is 10.2. The van der Waals surface area contributed by atoms with Crippen LogP contribution in [0.4, 0.5) is 17.3 Å². The third-order valence-corrected chi connectivity index (χ3v) is 5.17. The van der Waals surface area contributed by atoms with Gasteiger partial charge in [0.15, 0.2) is 23.1 Å². The van der Waals surface area contributed by atoms with Crippen molar-refractivity contribution in [2.24, 2.45) is 0 Å². The van der Waals surface area contributed by atoms with E-state index < -0.39 is 10.0 Å². The first kappa shape index (κ1) is 17.6. The third-order valence-electron chi connectivity index (χ3n) is 3.82. The zero-order chi connectivity index (χ0) is 19.6. The molecule has 28 heavy (non-hydrogen) atoms. The number of fused-ring (bicyclic) bond motifs is 1. The van der Waals surface area contributed by atoms with Crippen LogP contribution >= 0.6 is 0 Å². The molecule has 4 rings (SSSR count). The molecule has 0 fully saturated rings. The highest BCUT2D eigenvalue weighted by Gasteiger charge is 2.20. The number of nitriles is 1. The molecule has 0 bridgehead atoms. The van der Waals surface area contributed by atoms with E-state index in [0.29, 0.717) is 28.6 Å². The van der Waals surface area contributed by atoms with Gasteiger partial charge < -0.3 is 14.8 Å². The lowest BCUT2D eigenvalue weighted by Crippen LogP contribution is -2.14. The first-order valence-corrected chi connectivity index (χ1v) is 9.55. The van der Waals surface area contributed by atoms with Gasteiger partial charge in [0.1, 0.15) is 0 Å². The average Bonchev–Trinajstić information content (AvgIpc) is 3.17. The maximum Gasteiger partial charge on any atom is 0.263 e. The van der Waals surface area contributed by atoms with Crippen LogP contribution in [0.3, 0.4) is 0 Å². The summed E-state index contributed by atoms with van der Waals surface area (Å²) in [4.78, 5) is 0.0223. The van der Waals surface area contributed by atoms with Gasteiger partial charge in [-0.1, -0.05) is 6.07 Å². The molecule has 1 aromatic heterocycles. The minimum Gasteiger partial charge on any atom is -0.454 e. The second-order valence-corrected chi connectivity index (χ2v) is 7.42. The van der Waals surface area contributed by atoms with E-state index in [9.17, 15) is 8.42 Å². The normalized spacial score (nSPS) is 12.2. The van der Waals surface area contributed by atoms with Gasteiger partial charge in [-0.3, -0.25) is 4.72 Å². The zero-order valence-electron chi connectivity index (χ0n) is 14.3. The van der Waals surface area contributed by atoms with Gasteiger partial charge in [0, 0.05) is 11.8 Å². The van der Waals surface area contributed by atoms with Crippen LogP contribution in [0, 0.1) is 11.3 Å². The maximum atomic E-state index is 12.5. The summed E-state index contributed by atoms with van der Waals surface area (Å²) in [6.45, 7) is 0.0590. The Morgan fingerprint density at radius 2 is 1.75 bits per heavy atom. The highest BCUT2D eigenvalue weighted by Crippen LogP contribution is 2.34. The van der Waals surface area contributed by atoms with Crippen LogP contribution in [0.15, 0.2) is 59.5 Å². The Morgan fingerprint density at radius 3 is 2.54 bits per heavy atom. The van der Waals surface area contributed by atoms with Crippen molar-refractivity contribution in [1.82, 2.24) is 10.2 Å². The number of hydrogen-bond donors (Lipinski definition) is 2. The number of sulfonamides is 1. The number of nitrogens with one attached hydrogen (secondary N) is 2. The number of nitrogens with zero attached hydrogens (tertiary/aromatic N) is 3. The fourth-order valence-electron chi connectivity index (χ4n) is 2.51. The molecule has 0 unspecified atom stereocenters. The van der Waals surface area contributed by atoms with Gasteiger partial charge in [-0.05, 0) is 42.5 Å². The molecule has 2 N–H and O–H groups in total. The Balaban J connectivity index is 1.48. The standard InChI is InChI=1S/C18H13N5O4S/c19-10-12-2-1-3-13(8-12)20-17-6-7-18(22-21-17)23-28(24,25)14-4-5-15-16(9-14)27-11-26-15/h1-9H,11H2,(H,20,21)(H,22,23). The van der Waals surface area contributed by atoms with E-state index in [1.54, 1.807) is 30.3 Å². The van der Waals surface area contributed by atoms with E-state index in [4.69, 9.17) is 14.7 Å². The topological polar surface area (TPSA) is 126 Å². The summed E-state index contributed by atoms with van der Waals surface area (Å²) >= 11 is 0. The quantitative estimate of drug-likeness (QED) is 0.675. The molecule has 9 nitrogen and oxygen atoms in total. The molecule has 3 aromatic rings. The molecule has 140 valence electrons. The number of benzene rings is 2. The summed E-state index contributed by atoms with van der Waals surface area (Å²) in [5, 5.41) is 19.8. The van der Waals surface area contributed by atoms with Crippen molar-refractivity contribution < 1.29 is 17.9 Å². The molecular weight excluding hydrogens is 382 g/mol. The van der Waals surface area contributed by atoms with Crippen molar-refractivity contribution >= 4 is 27.3 Å². The molecule has 0 atom stereocenters. The van der Waals surface area contributed by atoms with Gasteiger partial charge in [0.2, 0.25) is 6.79 Å². The minimum atomic E-state index is -3.86. The van der Waals surface area contributed by atoms with E-state index in [2.05, 4.69) is 20.2 Å². The van der Waals surface area contributed by atoms with Gasteiger partial charge in [-0.2, -0.15) is 5.26 Å². The largest absolute Gasteiger partial charge is 0.454 e. The van der Waals surface area contributed by atoms with Crippen LogP contribution in [0.1, 0.15) is 5.56 Å². The predicted octanol–water partition coefficient (Wildman–Crippen LogP) is 2.62. The Labute approximate surface area is 160 Å². The molecule has 0 aliphatic carbocycles.